The molecule has 0 saturated carbocycles. The van der Waals surface area contributed by atoms with Gasteiger partial charge in [-0.1, -0.05) is 24.9 Å². The highest BCUT2D eigenvalue weighted by Crippen LogP contribution is 2.26. The first-order valence-corrected chi connectivity index (χ1v) is 7.36. The highest BCUT2D eigenvalue weighted by molar-refractivity contribution is 6.30. The van der Waals surface area contributed by atoms with Gasteiger partial charge in [-0.15, -0.1) is 0 Å². The summed E-state index contributed by atoms with van der Waals surface area (Å²) in [6.45, 7) is 3.28. The Labute approximate surface area is 124 Å². The van der Waals surface area contributed by atoms with Gasteiger partial charge in [-0.3, -0.25) is 9.59 Å². The molecular formula is C15H19ClN2O2. The summed E-state index contributed by atoms with van der Waals surface area (Å²) in [4.78, 5) is 25.9. The summed E-state index contributed by atoms with van der Waals surface area (Å²) in [5.41, 5.74) is 0.795. The fraction of sp³-hybridized carbons (Fsp3) is 0.467. The Morgan fingerprint density at radius 1 is 1.40 bits per heavy atom. The Kier molecular flexibility index (Phi) is 5.01. The van der Waals surface area contributed by atoms with Crippen LogP contribution in [-0.2, 0) is 9.59 Å². The summed E-state index contributed by atoms with van der Waals surface area (Å²) in [6.07, 6.45) is 2.53. The van der Waals surface area contributed by atoms with Crippen molar-refractivity contribution in [1.82, 2.24) is 5.32 Å². The van der Waals surface area contributed by atoms with Crippen LogP contribution in [0.3, 0.4) is 0 Å². The molecule has 1 saturated heterocycles. The zero-order chi connectivity index (χ0) is 14.5. The summed E-state index contributed by atoms with van der Waals surface area (Å²) in [6, 6.07) is 7.10. The van der Waals surface area contributed by atoms with E-state index in [1.807, 2.05) is 0 Å². The topological polar surface area (TPSA) is 49.4 Å². The molecule has 108 valence electrons. The summed E-state index contributed by atoms with van der Waals surface area (Å²) in [5.74, 6) is -0.830. The second-order valence-corrected chi connectivity index (χ2v) is 5.39. The number of hydrogen-bond acceptors (Lipinski definition) is 2. The summed E-state index contributed by atoms with van der Waals surface area (Å²) in [5, 5.41) is 3.46. The van der Waals surface area contributed by atoms with E-state index in [4.69, 9.17) is 11.6 Å². The van der Waals surface area contributed by atoms with Crippen molar-refractivity contribution in [1.29, 1.82) is 0 Å². The van der Waals surface area contributed by atoms with Gasteiger partial charge < -0.3 is 10.2 Å². The summed E-state index contributed by atoms with van der Waals surface area (Å²) >= 11 is 5.84. The molecule has 0 spiro atoms. The molecule has 0 aromatic heterocycles. The molecule has 1 aliphatic heterocycles. The minimum absolute atomic E-state index is 0.124. The van der Waals surface area contributed by atoms with E-state index in [9.17, 15) is 9.59 Å². The Balaban J connectivity index is 1.98. The molecule has 1 unspecified atom stereocenters. The molecule has 1 aromatic rings. The average molecular weight is 295 g/mol. The van der Waals surface area contributed by atoms with Gasteiger partial charge in [-0.2, -0.15) is 0 Å². The molecule has 0 radical (unpaired) electrons. The molecule has 1 N–H and O–H groups in total. The highest BCUT2D eigenvalue weighted by atomic mass is 35.5. The molecule has 1 heterocycles. The minimum Gasteiger partial charge on any atom is -0.355 e. The van der Waals surface area contributed by atoms with E-state index < -0.39 is 5.92 Å². The quantitative estimate of drug-likeness (QED) is 0.670. The third-order valence-electron chi connectivity index (χ3n) is 3.49. The van der Waals surface area contributed by atoms with Gasteiger partial charge in [-0.25, -0.2) is 0 Å². The van der Waals surface area contributed by atoms with E-state index >= 15 is 0 Å². The Morgan fingerprint density at radius 2 is 2.10 bits per heavy atom. The fourth-order valence-electron chi connectivity index (χ4n) is 2.31. The maximum atomic E-state index is 12.3. The van der Waals surface area contributed by atoms with Gasteiger partial charge in [0.05, 0.1) is 0 Å². The van der Waals surface area contributed by atoms with Crippen LogP contribution in [0.4, 0.5) is 5.69 Å². The number of carbonyl (C=O) groups is 2. The Hall–Kier alpha value is -1.55. The van der Waals surface area contributed by atoms with Gasteiger partial charge in [0.25, 0.3) is 0 Å². The van der Waals surface area contributed by atoms with Crippen LogP contribution in [0, 0.1) is 5.92 Å². The van der Waals surface area contributed by atoms with Crippen molar-refractivity contribution in [3.63, 3.8) is 0 Å². The van der Waals surface area contributed by atoms with Crippen molar-refractivity contribution in [2.75, 3.05) is 18.0 Å². The van der Waals surface area contributed by atoms with Crippen LogP contribution in [0.1, 0.15) is 26.2 Å². The SMILES string of the molecule is CCCCNC(=O)C1CCN(c2ccc(Cl)cc2)C1=O. The molecule has 1 atom stereocenters. The second-order valence-electron chi connectivity index (χ2n) is 4.95. The van der Waals surface area contributed by atoms with E-state index in [0.717, 1.165) is 18.5 Å². The number of amides is 2. The first-order chi connectivity index (χ1) is 9.63. The summed E-state index contributed by atoms with van der Waals surface area (Å²) in [7, 11) is 0. The van der Waals surface area contributed by atoms with Crippen molar-refractivity contribution in [2.45, 2.75) is 26.2 Å². The Morgan fingerprint density at radius 3 is 2.75 bits per heavy atom. The smallest absolute Gasteiger partial charge is 0.239 e. The number of benzene rings is 1. The zero-order valence-electron chi connectivity index (χ0n) is 11.6. The monoisotopic (exact) mass is 294 g/mol. The lowest BCUT2D eigenvalue weighted by atomic mass is 10.1. The number of unbranched alkanes of at least 4 members (excludes halogenated alkanes) is 1. The van der Waals surface area contributed by atoms with E-state index in [-0.39, 0.29) is 11.8 Å². The normalized spacial score (nSPS) is 18.4. The van der Waals surface area contributed by atoms with Crippen molar-refractivity contribution in [2.24, 2.45) is 5.92 Å². The van der Waals surface area contributed by atoms with Crippen molar-refractivity contribution < 1.29 is 9.59 Å². The van der Waals surface area contributed by atoms with Gasteiger partial charge in [0.15, 0.2) is 0 Å². The number of nitrogens with one attached hydrogen (secondary N) is 1. The van der Waals surface area contributed by atoms with Gasteiger partial charge in [0.2, 0.25) is 11.8 Å². The predicted octanol–water partition coefficient (Wildman–Crippen LogP) is 2.61. The van der Waals surface area contributed by atoms with E-state index in [1.54, 1.807) is 29.2 Å². The van der Waals surface area contributed by atoms with Gasteiger partial charge in [0.1, 0.15) is 5.92 Å². The number of rotatable bonds is 5. The lowest BCUT2D eigenvalue weighted by Crippen LogP contribution is -2.37. The molecule has 0 aliphatic carbocycles. The van der Waals surface area contributed by atoms with Gasteiger partial charge in [-0.05, 0) is 37.1 Å². The molecule has 1 aromatic carbocycles. The first kappa shape index (κ1) is 14.9. The maximum Gasteiger partial charge on any atom is 0.239 e. The third kappa shape index (κ3) is 3.31. The number of halogens is 1. The molecule has 5 heteroatoms. The number of carbonyl (C=O) groups excluding carboxylic acids is 2. The lowest BCUT2D eigenvalue weighted by Gasteiger charge is -2.16. The van der Waals surface area contributed by atoms with Crippen LogP contribution in [0.15, 0.2) is 24.3 Å². The molecule has 2 rings (SSSR count). The second kappa shape index (κ2) is 6.75. The maximum absolute atomic E-state index is 12.3. The van der Waals surface area contributed by atoms with Crippen molar-refractivity contribution in [3.8, 4) is 0 Å². The van der Waals surface area contributed by atoms with Crippen molar-refractivity contribution in [3.05, 3.63) is 29.3 Å². The van der Waals surface area contributed by atoms with Crippen LogP contribution < -0.4 is 10.2 Å². The van der Waals surface area contributed by atoms with Crippen LogP contribution in [-0.4, -0.2) is 24.9 Å². The largest absolute Gasteiger partial charge is 0.355 e. The van der Waals surface area contributed by atoms with Gasteiger partial charge >= 0.3 is 0 Å². The fourth-order valence-corrected chi connectivity index (χ4v) is 2.44. The predicted molar refractivity (Wildman–Crippen MR) is 79.8 cm³/mol. The highest BCUT2D eigenvalue weighted by Gasteiger charge is 2.37. The molecule has 20 heavy (non-hydrogen) atoms. The van der Waals surface area contributed by atoms with Crippen LogP contribution in [0.2, 0.25) is 5.02 Å². The molecule has 1 fully saturated rings. The molecule has 4 nitrogen and oxygen atoms in total. The van der Waals surface area contributed by atoms with Crippen LogP contribution >= 0.6 is 11.6 Å². The molecule has 0 bridgehead atoms. The molecular weight excluding hydrogens is 276 g/mol. The van der Waals surface area contributed by atoms with E-state index in [2.05, 4.69) is 12.2 Å². The third-order valence-corrected chi connectivity index (χ3v) is 3.74. The average Bonchev–Trinajstić information content (AvgIpc) is 2.82. The van der Waals surface area contributed by atoms with E-state index in [1.165, 1.54) is 0 Å². The minimum atomic E-state index is -0.553. The lowest BCUT2D eigenvalue weighted by molar-refractivity contribution is -0.132. The number of hydrogen-bond donors (Lipinski definition) is 1. The zero-order valence-corrected chi connectivity index (χ0v) is 12.3. The van der Waals surface area contributed by atoms with Crippen LogP contribution in [0.25, 0.3) is 0 Å². The van der Waals surface area contributed by atoms with Crippen molar-refractivity contribution >= 4 is 29.1 Å². The summed E-state index contributed by atoms with van der Waals surface area (Å²) < 4.78 is 0. The number of anilines is 1. The Bertz CT molecular complexity index is 487. The van der Waals surface area contributed by atoms with E-state index in [0.29, 0.717) is 24.5 Å². The molecule has 2 amide bonds. The standard InChI is InChI=1S/C15H19ClN2O2/c1-2-3-9-17-14(19)13-8-10-18(15(13)20)12-6-4-11(16)5-7-12/h4-7,13H,2-3,8-10H2,1H3,(H,17,19). The first-order valence-electron chi connectivity index (χ1n) is 6.98. The van der Waals surface area contributed by atoms with Gasteiger partial charge in [0, 0.05) is 23.8 Å². The number of nitrogens with zero attached hydrogens (tertiary/aromatic N) is 1. The molecule has 1 aliphatic rings. The van der Waals surface area contributed by atoms with Crippen LogP contribution in [0.5, 0.6) is 0 Å².